The van der Waals surface area contributed by atoms with Gasteiger partial charge in [-0.2, -0.15) is 35.6 Å². The second kappa shape index (κ2) is 11.8. The van der Waals surface area contributed by atoms with Gasteiger partial charge in [0.15, 0.2) is 10.8 Å². The van der Waals surface area contributed by atoms with Gasteiger partial charge in [-0.05, 0) is 18.2 Å². The Kier molecular flexibility index (Phi) is 8.35. The number of aromatic nitrogens is 3. The van der Waals surface area contributed by atoms with E-state index in [1.807, 2.05) is 0 Å². The first-order valence-corrected chi connectivity index (χ1v) is 17.9. The SMILES string of the molecule is CS(=O)(=O)N1CCN(S(=O)(=O)N[C@H]2CC3=C(c4ccn(C(F)F)n4)[C@H](c4ccc(F)cc4Cl)N=C(c4nccs4)N3C2)CC1. The summed E-state index contributed by atoms with van der Waals surface area (Å²) in [5.74, 6) is -0.148. The fourth-order valence-corrected chi connectivity index (χ4v) is 8.67. The highest BCUT2D eigenvalue weighted by Gasteiger charge is 2.43. The minimum atomic E-state index is -4.04. The molecule has 0 amide bonds. The first kappa shape index (κ1) is 31.1. The average Bonchev–Trinajstić information content (AvgIpc) is 3.73. The molecule has 0 bridgehead atoms. The Balaban J connectivity index is 1.39. The lowest BCUT2D eigenvalue weighted by atomic mass is 9.92. The number of nitrogens with one attached hydrogen (secondary N) is 1. The molecule has 3 aromatic rings. The van der Waals surface area contributed by atoms with Crippen LogP contribution in [-0.2, 0) is 20.2 Å². The molecule has 12 nitrogen and oxygen atoms in total. The quantitative estimate of drug-likeness (QED) is 0.385. The Morgan fingerprint density at radius 1 is 1.09 bits per heavy atom. The highest BCUT2D eigenvalue weighted by molar-refractivity contribution is 7.88. The molecule has 3 aliphatic rings. The first-order valence-electron chi connectivity index (χ1n) is 13.3. The predicted octanol–water partition coefficient (Wildman–Crippen LogP) is 2.93. The van der Waals surface area contributed by atoms with Crippen molar-refractivity contribution in [2.24, 2.45) is 4.99 Å². The van der Waals surface area contributed by atoms with E-state index in [0.29, 0.717) is 32.4 Å². The molecule has 0 spiro atoms. The summed E-state index contributed by atoms with van der Waals surface area (Å²) in [6.45, 7) is -2.75. The van der Waals surface area contributed by atoms with Crippen LogP contribution in [0.25, 0.3) is 5.57 Å². The summed E-state index contributed by atoms with van der Waals surface area (Å²) in [6.07, 6.45) is 3.94. The van der Waals surface area contributed by atoms with Crippen LogP contribution in [-0.4, -0.2) is 96.0 Å². The number of sulfonamides is 1. The van der Waals surface area contributed by atoms with Gasteiger partial charge in [-0.25, -0.2) is 22.5 Å². The van der Waals surface area contributed by atoms with E-state index >= 15 is 0 Å². The number of nitrogens with zero attached hydrogens (tertiary/aromatic N) is 7. The summed E-state index contributed by atoms with van der Waals surface area (Å²) in [4.78, 5) is 11.1. The summed E-state index contributed by atoms with van der Waals surface area (Å²) >= 11 is 7.79. The Morgan fingerprint density at radius 2 is 1.82 bits per heavy atom. The molecule has 2 aromatic heterocycles. The number of alkyl halides is 2. The number of benzene rings is 1. The Hall–Kier alpha value is -2.87. The molecule has 5 heterocycles. The third-order valence-electron chi connectivity index (χ3n) is 7.55. The van der Waals surface area contributed by atoms with Crippen molar-refractivity contribution in [3.05, 3.63) is 74.8 Å². The van der Waals surface area contributed by atoms with Gasteiger partial charge in [0.25, 0.3) is 10.2 Å². The Labute approximate surface area is 260 Å². The zero-order valence-corrected chi connectivity index (χ0v) is 26.2. The fourth-order valence-electron chi connectivity index (χ4n) is 5.56. The van der Waals surface area contributed by atoms with Crippen LogP contribution in [0.2, 0.25) is 5.02 Å². The van der Waals surface area contributed by atoms with Gasteiger partial charge in [-0.1, -0.05) is 17.7 Å². The van der Waals surface area contributed by atoms with Crippen LogP contribution in [0.1, 0.15) is 35.3 Å². The van der Waals surface area contributed by atoms with Crippen LogP contribution in [0.4, 0.5) is 13.2 Å². The fraction of sp³-hybridized carbons (Fsp3) is 0.400. The van der Waals surface area contributed by atoms with Crippen LogP contribution in [0.15, 0.2) is 52.7 Å². The van der Waals surface area contributed by atoms with E-state index in [1.165, 1.54) is 38.1 Å². The van der Waals surface area contributed by atoms with Gasteiger partial charge in [-0.15, -0.1) is 11.3 Å². The minimum absolute atomic E-state index is 0.0190. The summed E-state index contributed by atoms with van der Waals surface area (Å²) in [6, 6.07) is 3.67. The van der Waals surface area contributed by atoms with Crippen LogP contribution in [0.5, 0.6) is 0 Å². The van der Waals surface area contributed by atoms with E-state index in [4.69, 9.17) is 16.6 Å². The molecule has 44 heavy (non-hydrogen) atoms. The summed E-state index contributed by atoms with van der Waals surface area (Å²) in [5, 5.41) is 6.44. The van der Waals surface area contributed by atoms with Crippen molar-refractivity contribution >= 4 is 54.6 Å². The lowest BCUT2D eigenvalue weighted by Crippen LogP contribution is -2.54. The van der Waals surface area contributed by atoms with E-state index in [9.17, 15) is 30.0 Å². The largest absolute Gasteiger partial charge is 0.333 e. The van der Waals surface area contributed by atoms with Gasteiger partial charge in [-0.3, -0.25) is 4.99 Å². The summed E-state index contributed by atoms with van der Waals surface area (Å²) < 4.78 is 97.4. The van der Waals surface area contributed by atoms with Gasteiger partial charge >= 0.3 is 6.55 Å². The lowest BCUT2D eigenvalue weighted by molar-refractivity contribution is 0.0564. The van der Waals surface area contributed by atoms with E-state index in [1.54, 1.807) is 16.5 Å². The maximum Gasteiger partial charge on any atom is 0.333 e. The lowest BCUT2D eigenvalue weighted by Gasteiger charge is -2.33. The molecule has 0 radical (unpaired) electrons. The van der Waals surface area contributed by atoms with Crippen molar-refractivity contribution in [3.63, 3.8) is 0 Å². The molecular formula is C25H26ClF3N8O4S3. The summed E-state index contributed by atoms with van der Waals surface area (Å²) in [5.41, 5.74) is 1.58. The standard InChI is InChI=1S/C25H26ClF3N8O4S3/c1-43(38,39)34-7-9-35(10-8-34)44(40,41)33-16-13-20-21(19-4-6-37(32-19)25(28)29)22(17-3-2-15(27)12-18(17)26)31-23(36(20)14-16)24-30-5-11-42-24/h2-6,11-12,16,22,25,33H,7-10,13-14H2,1H3/t16-,22-/m0/s1. The monoisotopic (exact) mass is 690 g/mol. The Bertz CT molecular complexity index is 1840. The van der Waals surface area contributed by atoms with Crippen molar-refractivity contribution in [3.8, 4) is 0 Å². The van der Waals surface area contributed by atoms with E-state index in [-0.39, 0.29) is 49.9 Å². The van der Waals surface area contributed by atoms with Crippen LogP contribution in [0, 0.1) is 5.82 Å². The van der Waals surface area contributed by atoms with Gasteiger partial charge < -0.3 is 4.90 Å². The molecular weight excluding hydrogens is 665 g/mol. The van der Waals surface area contributed by atoms with Crippen molar-refractivity contribution in [1.82, 2.24) is 33.0 Å². The number of aliphatic imine (C=N–C) groups is 1. The molecule has 1 aromatic carbocycles. The van der Waals surface area contributed by atoms with E-state index in [0.717, 1.165) is 18.5 Å². The highest BCUT2D eigenvalue weighted by Crippen LogP contribution is 2.46. The zero-order valence-electron chi connectivity index (χ0n) is 23.0. The predicted molar refractivity (Wildman–Crippen MR) is 158 cm³/mol. The average molecular weight is 691 g/mol. The van der Waals surface area contributed by atoms with Gasteiger partial charge in [0.05, 0.1) is 11.9 Å². The number of thiazole rings is 1. The molecule has 236 valence electrons. The molecule has 2 atom stereocenters. The number of rotatable bonds is 8. The third kappa shape index (κ3) is 6.03. The third-order valence-corrected chi connectivity index (χ3v) is 11.6. The van der Waals surface area contributed by atoms with Crippen LogP contribution < -0.4 is 4.72 Å². The molecule has 2 saturated heterocycles. The topological polar surface area (TPSA) is 133 Å². The molecule has 3 aliphatic heterocycles. The number of hydrogen-bond donors (Lipinski definition) is 1. The molecule has 0 aliphatic carbocycles. The molecule has 0 saturated carbocycles. The van der Waals surface area contributed by atoms with E-state index in [2.05, 4.69) is 14.8 Å². The minimum Gasteiger partial charge on any atom is -0.326 e. The molecule has 1 N–H and O–H groups in total. The number of amidine groups is 1. The maximum atomic E-state index is 14.0. The maximum absolute atomic E-state index is 14.0. The number of piperazine rings is 1. The van der Waals surface area contributed by atoms with Crippen molar-refractivity contribution < 1.29 is 30.0 Å². The second-order valence-electron chi connectivity index (χ2n) is 10.4. The Morgan fingerprint density at radius 3 is 2.43 bits per heavy atom. The molecule has 19 heteroatoms. The number of fused-ring (bicyclic) bond motifs is 1. The van der Waals surface area contributed by atoms with Crippen molar-refractivity contribution in [1.29, 1.82) is 0 Å². The number of hydrogen-bond acceptors (Lipinski definition) is 9. The smallest absolute Gasteiger partial charge is 0.326 e. The molecule has 2 fully saturated rings. The van der Waals surface area contributed by atoms with Crippen LogP contribution >= 0.6 is 22.9 Å². The van der Waals surface area contributed by atoms with Gasteiger partial charge in [0.2, 0.25) is 10.0 Å². The molecule has 6 rings (SSSR count). The van der Waals surface area contributed by atoms with Crippen molar-refractivity contribution in [2.75, 3.05) is 39.0 Å². The number of halogens is 4. The first-order chi connectivity index (χ1) is 20.8. The van der Waals surface area contributed by atoms with Crippen molar-refractivity contribution in [2.45, 2.75) is 25.1 Å². The highest BCUT2D eigenvalue weighted by atomic mass is 35.5. The molecule has 0 unspecified atom stereocenters. The second-order valence-corrected chi connectivity index (χ2v) is 15.4. The zero-order chi connectivity index (χ0) is 31.4. The summed E-state index contributed by atoms with van der Waals surface area (Å²) in [7, 11) is -7.49. The van der Waals surface area contributed by atoms with Crippen LogP contribution in [0.3, 0.4) is 0 Å². The van der Waals surface area contributed by atoms with E-state index < -0.39 is 44.7 Å². The normalized spacial score (nSPS) is 22.1. The van der Waals surface area contributed by atoms with Gasteiger partial charge in [0.1, 0.15) is 11.9 Å². The van der Waals surface area contributed by atoms with Gasteiger partial charge in [0, 0.05) is 84.8 Å².